The third-order valence-corrected chi connectivity index (χ3v) is 3.17. The first-order valence-electron chi connectivity index (χ1n) is 7.22. The predicted octanol–water partition coefficient (Wildman–Crippen LogP) is 3.01. The van der Waals surface area contributed by atoms with Crippen LogP contribution < -0.4 is 10.3 Å². The molecule has 1 heterocycles. The van der Waals surface area contributed by atoms with Crippen molar-refractivity contribution in [3.8, 4) is 0 Å². The summed E-state index contributed by atoms with van der Waals surface area (Å²) in [5.74, 6) is 0. The second-order valence-electron chi connectivity index (χ2n) is 6.31. The minimum absolute atomic E-state index is 0.130. The molecule has 1 saturated heterocycles. The minimum Gasteiger partial charge on any atom is -0.569 e. The first-order valence-corrected chi connectivity index (χ1v) is 7.22. The Bertz CT molecular complexity index is 588. The molecule has 0 unspecified atom stereocenters. The fourth-order valence-corrected chi connectivity index (χ4v) is 2.22. The molecule has 0 spiro atoms. The van der Waals surface area contributed by atoms with E-state index in [0.29, 0.717) is 17.2 Å². The van der Waals surface area contributed by atoms with Gasteiger partial charge in [0.1, 0.15) is 0 Å². The molecule has 0 saturated carbocycles. The largest absolute Gasteiger partial charge is 0.569 e. The molecule has 1 atom stereocenters. The van der Waals surface area contributed by atoms with Gasteiger partial charge in [-0.05, 0) is 32.9 Å². The minimum atomic E-state index is -0.365. The Balaban J connectivity index is 1.90. The van der Waals surface area contributed by atoms with Crippen LogP contribution in [0.5, 0.6) is 0 Å². The van der Waals surface area contributed by atoms with Gasteiger partial charge in [0.05, 0.1) is 23.6 Å². The predicted molar refractivity (Wildman–Crippen MR) is 83.4 cm³/mol. The molecule has 1 aromatic rings. The Hall–Kier alpha value is -2.49. The molecule has 0 bridgehead atoms. The van der Waals surface area contributed by atoms with Crippen molar-refractivity contribution in [3.63, 3.8) is 0 Å². The average molecular weight is 303 g/mol. The van der Waals surface area contributed by atoms with Crippen molar-refractivity contribution in [2.45, 2.75) is 38.8 Å². The zero-order chi connectivity index (χ0) is 16.2. The van der Waals surface area contributed by atoms with Gasteiger partial charge in [0.15, 0.2) is 11.8 Å². The lowest BCUT2D eigenvalue weighted by atomic mass is 10.1. The average Bonchev–Trinajstić information content (AvgIpc) is 2.92. The number of anilines is 1. The van der Waals surface area contributed by atoms with E-state index in [1.165, 1.54) is 0 Å². The summed E-state index contributed by atoms with van der Waals surface area (Å²) in [4.78, 5) is 11.2. The normalized spacial score (nSPS) is 18.9. The lowest BCUT2D eigenvalue weighted by Crippen LogP contribution is -2.40. The van der Waals surface area contributed by atoms with E-state index in [9.17, 15) is 5.21 Å². The van der Waals surface area contributed by atoms with Crippen LogP contribution in [0.1, 0.15) is 27.2 Å². The third kappa shape index (κ3) is 4.52. The molecule has 0 aromatic heterocycles. The van der Waals surface area contributed by atoms with Gasteiger partial charge in [-0.1, -0.05) is 12.1 Å². The van der Waals surface area contributed by atoms with E-state index < -0.39 is 0 Å². The van der Waals surface area contributed by atoms with Crippen LogP contribution in [0.2, 0.25) is 0 Å². The topological polar surface area (TPSA) is 67.3 Å². The van der Waals surface area contributed by atoms with Crippen molar-refractivity contribution in [2.24, 2.45) is 5.28 Å². The summed E-state index contributed by atoms with van der Waals surface area (Å²) in [7, 11) is 0. The molecular formula is C15H21N5O2. The van der Waals surface area contributed by atoms with Crippen molar-refractivity contribution in [3.05, 3.63) is 40.9 Å². The van der Waals surface area contributed by atoms with Crippen LogP contribution in [0.4, 0.5) is 11.4 Å². The second kappa shape index (κ2) is 6.52. The Morgan fingerprint density at radius 1 is 1.50 bits per heavy atom. The molecule has 1 fully saturated rings. The van der Waals surface area contributed by atoms with Crippen LogP contribution >= 0.6 is 0 Å². The molecule has 0 radical (unpaired) electrons. The first kappa shape index (κ1) is 15.9. The van der Waals surface area contributed by atoms with Gasteiger partial charge in [0.2, 0.25) is 5.28 Å². The Morgan fingerprint density at radius 2 is 2.27 bits per heavy atom. The SMILES string of the molecule is [C-]#[N+]c1cccc(N2CC[C@@H](O/N=[N+](\[O-])NC(C)(C)C)C2)c1. The highest BCUT2D eigenvalue weighted by Crippen LogP contribution is 2.25. The van der Waals surface area contributed by atoms with Gasteiger partial charge >= 0.3 is 0 Å². The van der Waals surface area contributed by atoms with Crippen LogP contribution in [0.3, 0.4) is 0 Å². The quantitative estimate of drug-likeness (QED) is 0.402. The van der Waals surface area contributed by atoms with Gasteiger partial charge in [-0.3, -0.25) is 0 Å². The van der Waals surface area contributed by atoms with Gasteiger partial charge in [0, 0.05) is 18.7 Å². The molecule has 1 aliphatic rings. The summed E-state index contributed by atoms with van der Waals surface area (Å²) in [5.41, 5.74) is 3.89. The summed E-state index contributed by atoms with van der Waals surface area (Å²) in [5, 5.41) is 15.1. The summed E-state index contributed by atoms with van der Waals surface area (Å²) >= 11 is 0. The number of rotatable bonds is 4. The second-order valence-corrected chi connectivity index (χ2v) is 6.31. The van der Waals surface area contributed by atoms with Crippen molar-refractivity contribution in [2.75, 3.05) is 18.0 Å². The van der Waals surface area contributed by atoms with Crippen LogP contribution in [-0.4, -0.2) is 29.7 Å². The van der Waals surface area contributed by atoms with E-state index in [2.05, 4.69) is 20.4 Å². The molecule has 7 heteroatoms. The van der Waals surface area contributed by atoms with E-state index >= 15 is 0 Å². The zero-order valence-electron chi connectivity index (χ0n) is 13.1. The van der Waals surface area contributed by atoms with E-state index in [-0.39, 0.29) is 11.6 Å². The number of nitrogens with one attached hydrogen (secondary N) is 1. The number of benzene rings is 1. The van der Waals surface area contributed by atoms with Gasteiger partial charge in [0.25, 0.3) is 0 Å². The molecule has 7 nitrogen and oxygen atoms in total. The highest BCUT2D eigenvalue weighted by molar-refractivity contribution is 5.59. The lowest BCUT2D eigenvalue weighted by Gasteiger charge is -2.18. The number of hydrogen-bond donors (Lipinski definition) is 1. The number of nitrogens with zero attached hydrogens (tertiary/aromatic N) is 4. The van der Waals surface area contributed by atoms with Crippen molar-refractivity contribution in [1.29, 1.82) is 0 Å². The molecule has 2 rings (SSSR count). The van der Waals surface area contributed by atoms with Gasteiger partial charge in [-0.25, -0.2) is 4.85 Å². The summed E-state index contributed by atoms with van der Waals surface area (Å²) in [6.07, 6.45) is 0.657. The van der Waals surface area contributed by atoms with Crippen molar-refractivity contribution >= 4 is 11.4 Å². The van der Waals surface area contributed by atoms with Crippen LogP contribution in [-0.2, 0) is 4.84 Å². The highest BCUT2D eigenvalue weighted by atomic mass is 16.7. The molecule has 0 amide bonds. The maximum absolute atomic E-state index is 11.5. The molecule has 1 N–H and O–H groups in total. The maximum atomic E-state index is 11.5. The molecular weight excluding hydrogens is 282 g/mol. The summed E-state index contributed by atoms with van der Waals surface area (Å²) in [6.45, 7) is 14.1. The van der Waals surface area contributed by atoms with Gasteiger partial charge in [-0.2, -0.15) is 5.43 Å². The third-order valence-electron chi connectivity index (χ3n) is 3.17. The highest BCUT2D eigenvalue weighted by Gasteiger charge is 2.25. The van der Waals surface area contributed by atoms with Gasteiger partial charge in [-0.15, -0.1) is 0 Å². The smallest absolute Gasteiger partial charge is 0.233 e. The molecule has 22 heavy (non-hydrogen) atoms. The molecule has 1 aromatic carbocycles. The van der Waals surface area contributed by atoms with E-state index in [0.717, 1.165) is 18.7 Å². The number of hydrazine groups is 1. The molecule has 0 aliphatic carbocycles. The standard InChI is InChI=1S/C15H21N5O2/c1-15(2,3)17-20(21)18-22-14-8-9-19(11-14)13-7-5-6-12(10-13)16-4/h5-7,10,14H,8-9,11H2,1-3H3,(H,17,18)/t14-/m1/s1. The Morgan fingerprint density at radius 3 is 2.95 bits per heavy atom. The monoisotopic (exact) mass is 303 g/mol. The Kier molecular flexibility index (Phi) is 4.71. The Labute approximate surface area is 130 Å². The summed E-state index contributed by atoms with van der Waals surface area (Å²) in [6, 6.07) is 7.47. The van der Waals surface area contributed by atoms with Crippen molar-refractivity contribution in [1.82, 2.24) is 5.43 Å². The lowest BCUT2D eigenvalue weighted by molar-refractivity contribution is -0.626. The van der Waals surface area contributed by atoms with Gasteiger partial charge < -0.3 is 14.9 Å². The van der Waals surface area contributed by atoms with E-state index in [1.54, 1.807) is 6.07 Å². The van der Waals surface area contributed by atoms with E-state index in [4.69, 9.17) is 11.4 Å². The summed E-state index contributed by atoms with van der Waals surface area (Å²) < 4.78 is 0. The number of hydrogen-bond acceptors (Lipinski definition) is 4. The van der Waals surface area contributed by atoms with Crippen molar-refractivity contribution < 1.29 is 9.81 Å². The zero-order valence-corrected chi connectivity index (χ0v) is 13.1. The molecule has 118 valence electrons. The van der Waals surface area contributed by atoms with Crippen LogP contribution in [0, 0.1) is 11.8 Å². The fourth-order valence-electron chi connectivity index (χ4n) is 2.22. The molecule has 1 aliphatic heterocycles. The fraction of sp³-hybridized carbons (Fsp3) is 0.533. The maximum Gasteiger partial charge on any atom is 0.233 e. The van der Waals surface area contributed by atoms with E-state index in [1.807, 2.05) is 39.0 Å². The van der Waals surface area contributed by atoms with Crippen LogP contribution in [0.25, 0.3) is 4.85 Å². The first-order chi connectivity index (χ1) is 10.4. The van der Waals surface area contributed by atoms with Crippen LogP contribution in [0.15, 0.2) is 29.5 Å².